The van der Waals surface area contributed by atoms with Crippen LogP contribution in [-0.4, -0.2) is 16.2 Å². The molecule has 2 rings (SSSR count). The summed E-state index contributed by atoms with van der Waals surface area (Å²) in [4.78, 5) is 4.28. The van der Waals surface area contributed by atoms with Crippen LogP contribution in [0, 0.1) is 12.7 Å². The number of aliphatic hydroxyl groups excluding tert-OH is 1. The average molecular weight is 251 g/mol. The third-order valence-electron chi connectivity index (χ3n) is 2.52. The maximum absolute atomic E-state index is 13.4. The summed E-state index contributed by atoms with van der Waals surface area (Å²) in [5.41, 5.74) is 1.42. The third-order valence-corrected chi connectivity index (χ3v) is 3.35. The first-order valence-corrected chi connectivity index (χ1v) is 6.35. The predicted octanol–water partition coefficient (Wildman–Crippen LogP) is 2.74. The number of thiazole rings is 1. The van der Waals surface area contributed by atoms with Crippen LogP contribution in [0.4, 0.5) is 4.39 Å². The third kappa shape index (κ3) is 3.35. The lowest BCUT2D eigenvalue weighted by Crippen LogP contribution is -2.15. The number of rotatable bonds is 4. The standard InChI is InChI=1S/C13H14FNOS/c1-9-15-11(8-17-9)7-12(16)6-10-4-2-3-5-13(10)14/h2-5,8,12,16H,6-7H2,1H3. The van der Waals surface area contributed by atoms with E-state index in [0.29, 0.717) is 18.4 Å². The summed E-state index contributed by atoms with van der Waals surface area (Å²) < 4.78 is 13.4. The molecule has 17 heavy (non-hydrogen) atoms. The molecule has 0 amide bonds. The Bertz CT molecular complexity index is 498. The normalized spacial score (nSPS) is 12.6. The molecule has 0 fully saturated rings. The van der Waals surface area contributed by atoms with Crippen LogP contribution in [0.15, 0.2) is 29.6 Å². The van der Waals surface area contributed by atoms with Gasteiger partial charge in [-0.3, -0.25) is 0 Å². The Morgan fingerprint density at radius 1 is 1.35 bits per heavy atom. The molecule has 0 saturated carbocycles. The van der Waals surface area contributed by atoms with Gasteiger partial charge in [0.25, 0.3) is 0 Å². The molecule has 1 aromatic heterocycles. The summed E-state index contributed by atoms with van der Waals surface area (Å²) in [5.74, 6) is -0.263. The second-order valence-electron chi connectivity index (χ2n) is 4.01. The first-order valence-electron chi connectivity index (χ1n) is 5.47. The molecule has 0 spiro atoms. The zero-order valence-corrected chi connectivity index (χ0v) is 10.4. The minimum atomic E-state index is -0.589. The van der Waals surface area contributed by atoms with Gasteiger partial charge >= 0.3 is 0 Å². The van der Waals surface area contributed by atoms with Crippen LogP contribution in [0.3, 0.4) is 0 Å². The highest BCUT2D eigenvalue weighted by Gasteiger charge is 2.11. The molecule has 0 bridgehead atoms. The average Bonchev–Trinajstić information content (AvgIpc) is 2.67. The highest BCUT2D eigenvalue weighted by Crippen LogP contribution is 2.14. The van der Waals surface area contributed by atoms with E-state index < -0.39 is 6.10 Å². The summed E-state index contributed by atoms with van der Waals surface area (Å²) in [6, 6.07) is 6.53. The Morgan fingerprint density at radius 3 is 2.76 bits per heavy atom. The molecule has 0 aliphatic heterocycles. The largest absolute Gasteiger partial charge is 0.392 e. The van der Waals surface area contributed by atoms with E-state index in [-0.39, 0.29) is 5.82 Å². The van der Waals surface area contributed by atoms with Crippen LogP contribution in [-0.2, 0) is 12.8 Å². The Hall–Kier alpha value is -1.26. The van der Waals surface area contributed by atoms with Crippen molar-refractivity contribution in [3.8, 4) is 0 Å². The monoisotopic (exact) mass is 251 g/mol. The van der Waals surface area contributed by atoms with Crippen LogP contribution in [0.1, 0.15) is 16.3 Å². The van der Waals surface area contributed by atoms with Crippen molar-refractivity contribution in [3.63, 3.8) is 0 Å². The van der Waals surface area contributed by atoms with Crippen molar-refractivity contribution in [3.05, 3.63) is 51.7 Å². The van der Waals surface area contributed by atoms with E-state index in [1.54, 1.807) is 29.5 Å². The van der Waals surface area contributed by atoms with Gasteiger partial charge in [-0.25, -0.2) is 9.37 Å². The smallest absolute Gasteiger partial charge is 0.126 e. The fraction of sp³-hybridized carbons (Fsp3) is 0.308. The van der Waals surface area contributed by atoms with Gasteiger partial charge in [-0.15, -0.1) is 11.3 Å². The van der Waals surface area contributed by atoms with Crippen molar-refractivity contribution in [2.24, 2.45) is 0 Å². The van der Waals surface area contributed by atoms with Gasteiger partial charge in [0, 0.05) is 18.2 Å². The van der Waals surface area contributed by atoms with Gasteiger partial charge in [-0.2, -0.15) is 0 Å². The summed E-state index contributed by atoms with van der Waals surface area (Å²) in [7, 11) is 0. The Balaban J connectivity index is 1.98. The highest BCUT2D eigenvalue weighted by molar-refractivity contribution is 7.09. The molecule has 0 aliphatic carbocycles. The molecule has 0 saturated heterocycles. The molecule has 1 unspecified atom stereocenters. The molecular formula is C13H14FNOS. The van der Waals surface area contributed by atoms with E-state index in [1.165, 1.54) is 6.07 Å². The lowest BCUT2D eigenvalue weighted by atomic mass is 10.0. The SMILES string of the molecule is Cc1nc(CC(O)Cc2ccccc2F)cs1. The molecule has 0 aliphatic rings. The maximum atomic E-state index is 13.4. The van der Waals surface area contributed by atoms with Gasteiger partial charge in [0.15, 0.2) is 0 Å². The van der Waals surface area contributed by atoms with E-state index in [1.807, 2.05) is 12.3 Å². The highest BCUT2D eigenvalue weighted by atomic mass is 32.1. The van der Waals surface area contributed by atoms with Gasteiger partial charge in [-0.05, 0) is 18.6 Å². The Kier molecular flexibility index (Phi) is 3.86. The van der Waals surface area contributed by atoms with Crippen LogP contribution < -0.4 is 0 Å². The number of nitrogens with zero attached hydrogens (tertiary/aromatic N) is 1. The van der Waals surface area contributed by atoms with Crippen molar-refractivity contribution in [2.45, 2.75) is 25.9 Å². The number of halogens is 1. The van der Waals surface area contributed by atoms with Gasteiger partial charge in [0.05, 0.1) is 16.8 Å². The first-order chi connectivity index (χ1) is 8.15. The van der Waals surface area contributed by atoms with E-state index >= 15 is 0 Å². The summed E-state index contributed by atoms with van der Waals surface area (Å²) in [6.45, 7) is 1.93. The van der Waals surface area contributed by atoms with E-state index in [0.717, 1.165) is 10.7 Å². The zero-order chi connectivity index (χ0) is 12.3. The second kappa shape index (κ2) is 5.38. The van der Waals surface area contributed by atoms with Crippen molar-refractivity contribution >= 4 is 11.3 Å². The van der Waals surface area contributed by atoms with Gasteiger partial charge in [-0.1, -0.05) is 18.2 Å². The number of aliphatic hydroxyl groups is 1. The van der Waals surface area contributed by atoms with Crippen LogP contribution >= 0.6 is 11.3 Å². The van der Waals surface area contributed by atoms with Gasteiger partial charge < -0.3 is 5.11 Å². The molecule has 1 N–H and O–H groups in total. The van der Waals surface area contributed by atoms with E-state index in [9.17, 15) is 9.50 Å². The molecule has 0 radical (unpaired) electrons. The van der Waals surface area contributed by atoms with E-state index in [2.05, 4.69) is 4.98 Å². The number of aromatic nitrogens is 1. The van der Waals surface area contributed by atoms with E-state index in [4.69, 9.17) is 0 Å². The zero-order valence-electron chi connectivity index (χ0n) is 9.56. The maximum Gasteiger partial charge on any atom is 0.126 e. The predicted molar refractivity (Wildman–Crippen MR) is 66.7 cm³/mol. The minimum Gasteiger partial charge on any atom is -0.392 e. The molecule has 90 valence electrons. The molecule has 2 aromatic rings. The summed E-state index contributed by atoms with van der Waals surface area (Å²) in [5, 5.41) is 12.8. The van der Waals surface area contributed by atoms with Crippen molar-refractivity contribution in [2.75, 3.05) is 0 Å². The molecule has 1 heterocycles. The first kappa shape index (κ1) is 12.2. The molecule has 4 heteroatoms. The Morgan fingerprint density at radius 2 is 2.12 bits per heavy atom. The van der Waals surface area contributed by atoms with Crippen LogP contribution in [0.2, 0.25) is 0 Å². The van der Waals surface area contributed by atoms with Crippen LogP contribution in [0.5, 0.6) is 0 Å². The lowest BCUT2D eigenvalue weighted by Gasteiger charge is -2.09. The number of hydrogen-bond donors (Lipinski definition) is 1. The van der Waals surface area contributed by atoms with Gasteiger partial charge in [0.2, 0.25) is 0 Å². The fourth-order valence-corrected chi connectivity index (χ4v) is 2.36. The minimum absolute atomic E-state index is 0.263. The molecule has 1 aromatic carbocycles. The lowest BCUT2D eigenvalue weighted by molar-refractivity contribution is 0.173. The van der Waals surface area contributed by atoms with Gasteiger partial charge in [0.1, 0.15) is 5.82 Å². The fourth-order valence-electron chi connectivity index (χ4n) is 1.73. The quantitative estimate of drug-likeness (QED) is 0.906. The molecular weight excluding hydrogens is 237 g/mol. The topological polar surface area (TPSA) is 33.1 Å². The number of benzene rings is 1. The van der Waals surface area contributed by atoms with Crippen molar-refractivity contribution in [1.29, 1.82) is 0 Å². The van der Waals surface area contributed by atoms with Crippen molar-refractivity contribution in [1.82, 2.24) is 4.98 Å². The molecule has 2 nitrogen and oxygen atoms in total. The number of aryl methyl sites for hydroxylation is 1. The van der Waals surface area contributed by atoms with Crippen LogP contribution in [0.25, 0.3) is 0 Å². The Labute approximate surface area is 104 Å². The number of hydrogen-bond acceptors (Lipinski definition) is 3. The molecule has 1 atom stereocenters. The summed E-state index contributed by atoms with van der Waals surface area (Å²) in [6.07, 6.45) is 0.204. The summed E-state index contributed by atoms with van der Waals surface area (Å²) >= 11 is 1.56. The second-order valence-corrected chi connectivity index (χ2v) is 5.07. The van der Waals surface area contributed by atoms with Crippen molar-refractivity contribution < 1.29 is 9.50 Å².